The smallest absolute Gasteiger partial charge is 0.165 e. The van der Waals surface area contributed by atoms with Gasteiger partial charge in [0, 0.05) is 12.0 Å². The normalized spacial score (nSPS) is 27.2. The lowest BCUT2D eigenvalue weighted by Crippen LogP contribution is -2.00. The van der Waals surface area contributed by atoms with E-state index in [1.165, 1.54) is 12.1 Å². The number of hydrogen-bond donors (Lipinski definition) is 2. The molecule has 1 fully saturated rings. The summed E-state index contributed by atoms with van der Waals surface area (Å²) in [6, 6.07) is 4.62. The van der Waals surface area contributed by atoms with Gasteiger partial charge in [0.25, 0.3) is 0 Å². The van der Waals surface area contributed by atoms with Crippen LogP contribution in [0.1, 0.15) is 17.9 Å². The van der Waals surface area contributed by atoms with Crippen molar-refractivity contribution in [3.05, 3.63) is 29.6 Å². The van der Waals surface area contributed by atoms with E-state index in [0.717, 1.165) is 12.0 Å². The third-order valence-corrected chi connectivity index (χ3v) is 2.24. The van der Waals surface area contributed by atoms with Crippen LogP contribution in [-0.4, -0.2) is 11.1 Å². The second-order valence-electron chi connectivity index (χ2n) is 3.22. The van der Waals surface area contributed by atoms with Crippen molar-refractivity contribution < 1.29 is 9.50 Å². The lowest BCUT2D eigenvalue weighted by Gasteiger charge is -1.99. The molecule has 0 aliphatic heterocycles. The summed E-state index contributed by atoms with van der Waals surface area (Å²) in [6.07, 6.45) is 0.921. The predicted octanol–water partition coefficient (Wildman–Crippen LogP) is 1.35. The molecule has 1 aromatic carbocycles. The van der Waals surface area contributed by atoms with Gasteiger partial charge in [-0.15, -0.1) is 0 Å². The maximum Gasteiger partial charge on any atom is 0.165 e. The molecular weight excluding hydrogens is 157 g/mol. The van der Waals surface area contributed by atoms with Gasteiger partial charge in [-0.05, 0) is 24.1 Å². The van der Waals surface area contributed by atoms with Crippen LogP contribution in [0.2, 0.25) is 0 Å². The fraction of sp³-hybridized carbons (Fsp3) is 0.333. The number of halogens is 1. The van der Waals surface area contributed by atoms with Crippen LogP contribution in [0.5, 0.6) is 5.75 Å². The first-order valence-corrected chi connectivity index (χ1v) is 3.92. The van der Waals surface area contributed by atoms with Gasteiger partial charge in [-0.25, -0.2) is 4.39 Å². The van der Waals surface area contributed by atoms with Crippen molar-refractivity contribution in [3.63, 3.8) is 0 Å². The van der Waals surface area contributed by atoms with Gasteiger partial charge >= 0.3 is 0 Å². The van der Waals surface area contributed by atoms with Crippen molar-refractivity contribution in [1.29, 1.82) is 0 Å². The Bertz CT molecular complexity index is 313. The molecule has 3 heteroatoms. The highest BCUT2D eigenvalue weighted by Crippen LogP contribution is 2.39. The van der Waals surface area contributed by atoms with Gasteiger partial charge in [0.2, 0.25) is 0 Å². The van der Waals surface area contributed by atoms with Gasteiger partial charge in [-0.2, -0.15) is 0 Å². The molecule has 2 atom stereocenters. The number of nitrogens with two attached hydrogens (primary N) is 1. The topological polar surface area (TPSA) is 46.2 Å². The highest BCUT2D eigenvalue weighted by Gasteiger charge is 2.35. The van der Waals surface area contributed by atoms with Crippen LogP contribution in [0.4, 0.5) is 4.39 Å². The molecule has 2 rings (SSSR count). The molecule has 0 spiro atoms. The summed E-state index contributed by atoms with van der Waals surface area (Å²) in [4.78, 5) is 0. The third kappa shape index (κ3) is 1.16. The monoisotopic (exact) mass is 167 g/mol. The average molecular weight is 167 g/mol. The van der Waals surface area contributed by atoms with Gasteiger partial charge in [0.15, 0.2) is 11.6 Å². The molecule has 0 saturated heterocycles. The van der Waals surface area contributed by atoms with Crippen LogP contribution in [0.15, 0.2) is 18.2 Å². The second-order valence-corrected chi connectivity index (χ2v) is 3.22. The van der Waals surface area contributed by atoms with Gasteiger partial charge in [-0.3, -0.25) is 0 Å². The van der Waals surface area contributed by atoms with Crippen molar-refractivity contribution in [2.45, 2.75) is 18.4 Å². The minimum Gasteiger partial charge on any atom is -0.505 e. The summed E-state index contributed by atoms with van der Waals surface area (Å²) in [6.45, 7) is 0. The fourth-order valence-corrected chi connectivity index (χ4v) is 1.35. The minimum atomic E-state index is -0.563. The van der Waals surface area contributed by atoms with E-state index in [2.05, 4.69) is 0 Å². The quantitative estimate of drug-likeness (QED) is 0.663. The molecule has 3 N–H and O–H groups in total. The number of benzene rings is 1. The van der Waals surface area contributed by atoms with Gasteiger partial charge in [0.1, 0.15) is 0 Å². The Labute approximate surface area is 69.8 Å². The zero-order valence-electron chi connectivity index (χ0n) is 6.50. The molecule has 0 amide bonds. The molecule has 0 heterocycles. The molecule has 1 aliphatic rings. The van der Waals surface area contributed by atoms with Gasteiger partial charge in [0.05, 0.1) is 0 Å². The molecule has 12 heavy (non-hydrogen) atoms. The number of hydrogen-bond acceptors (Lipinski definition) is 2. The summed E-state index contributed by atoms with van der Waals surface area (Å²) >= 11 is 0. The van der Waals surface area contributed by atoms with E-state index in [9.17, 15) is 4.39 Å². The molecule has 0 aromatic heterocycles. The lowest BCUT2D eigenvalue weighted by atomic mass is 10.1. The molecule has 0 bridgehead atoms. The van der Waals surface area contributed by atoms with Crippen LogP contribution >= 0.6 is 0 Å². The fourth-order valence-electron chi connectivity index (χ4n) is 1.35. The van der Waals surface area contributed by atoms with Crippen molar-refractivity contribution in [3.8, 4) is 5.75 Å². The predicted molar refractivity (Wildman–Crippen MR) is 43.4 cm³/mol. The Morgan fingerprint density at radius 2 is 2.17 bits per heavy atom. The first-order chi connectivity index (χ1) is 5.68. The maximum absolute atomic E-state index is 12.8. The molecule has 2 nitrogen and oxygen atoms in total. The Kier molecular flexibility index (Phi) is 1.54. The molecule has 1 aliphatic carbocycles. The Balaban J connectivity index is 2.29. The summed E-state index contributed by atoms with van der Waals surface area (Å²) in [5.74, 6) is -0.570. The zero-order valence-corrected chi connectivity index (χ0v) is 6.50. The van der Waals surface area contributed by atoms with E-state index < -0.39 is 5.82 Å². The molecule has 1 aromatic rings. The largest absolute Gasteiger partial charge is 0.505 e. The third-order valence-electron chi connectivity index (χ3n) is 2.24. The Hall–Kier alpha value is -1.09. The van der Waals surface area contributed by atoms with Crippen LogP contribution < -0.4 is 5.73 Å². The molecule has 1 saturated carbocycles. The van der Waals surface area contributed by atoms with Crippen LogP contribution in [0.3, 0.4) is 0 Å². The number of phenols is 1. The van der Waals surface area contributed by atoms with E-state index >= 15 is 0 Å². The average Bonchev–Trinajstić information content (AvgIpc) is 2.73. The summed E-state index contributed by atoms with van der Waals surface area (Å²) < 4.78 is 12.8. The SMILES string of the molecule is N[C@@H]1C[C@H]1c1ccc(O)c(F)c1. The standard InChI is InChI=1S/C9H10FNO/c10-7-3-5(1-2-9(7)12)6-4-8(6)11/h1-3,6,8,12H,4,11H2/t6-,8+/m0/s1. The van der Waals surface area contributed by atoms with E-state index in [1.54, 1.807) is 6.07 Å². The minimum absolute atomic E-state index is 0.175. The first-order valence-electron chi connectivity index (χ1n) is 3.92. The summed E-state index contributed by atoms with van der Waals surface area (Å²) in [5.41, 5.74) is 6.49. The highest BCUT2D eigenvalue weighted by molar-refractivity contribution is 5.34. The van der Waals surface area contributed by atoms with Crippen LogP contribution in [-0.2, 0) is 0 Å². The van der Waals surface area contributed by atoms with Crippen molar-refractivity contribution in [1.82, 2.24) is 0 Å². The maximum atomic E-state index is 12.8. The lowest BCUT2D eigenvalue weighted by molar-refractivity contribution is 0.432. The Morgan fingerprint density at radius 1 is 1.50 bits per heavy atom. The molecular formula is C9H10FNO. The number of rotatable bonds is 1. The molecule has 64 valence electrons. The van der Waals surface area contributed by atoms with Crippen molar-refractivity contribution >= 4 is 0 Å². The van der Waals surface area contributed by atoms with E-state index in [-0.39, 0.29) is 11.8 Å². The van der Waals surface area contributed by atoms with Gasteiger partial charge in [-0.1, -0.05) is 6.07 Å². The van der Waals surface area contributed by atoms with Crippen LogP contribution in [0.25, 0.3) is 0 Å². The highest BCUT2D eigenvalue weighted by atomic mass is 19.1. The molecule has 0 radical (unpaired) electrons. The van der Waals surface area contributed by atoms with Gasteiger partial charge < -0.3 is 10.8 Å². The Morgan fingerprint density at radius 3 is 2.67 bits per heavy atom. The summed E-state index contributed by atoms with van der Waals surface area (Å²) in [5, 5.41) is 8.91. The first kappa shape index (κ1) is 7.55. The van der Waals surface area contributed by atoms with E-state index in [0.29, 0.717) is 5.92 Å². The molecule has 0 unspecified atom stereocenters. The van der Waals surface area contributed by atoms with Crippen molar-refractivity contribution in [2.24, 2.45) is 5.73 Å². The van der Waals surface area contributed by atoms with Crippen molar-refractivity contribution in [2.75, 3.05) is 0 Å². The zero-order chi connectivity index (χ0) is 8.72. The van der Waals surface area contributed by atoms with E-state index in [1.807, 2.05) is 0 Å². The second kappa shape index (κ2) is 2.45. The van der Waals surface area contributed by atoms with E-state index in [4.69, 9.17) is 10.8 Å². The number of phenolic OH excluding ortho intramolecular Hbond substituents is 1. The summed E-state index contributed by atoms with van der Waals surface area (Å²) in [7, 11) is 0. The number of aromatic hydroxyl groups is 1. The van der Waals surface area contributed by atoms with Crippen LogP contribution in [0, 0.1) is 5.82 Å².